The van der Waals surface area contributed by atoms with E-state index in [4.69, 9.17) is 16.3 Å². The Morgan fingerprint density at radius 1 is 1.09 bits per heavy atom. The summed E-state index contributed by atoms with van der Waals surface area (Å²) in [5, 5.41) is 1.10. The summed E-state index contributed by atoms with van der Waals surface area (Å²) >= 11 is 7.61. The quantitative estimate of drug-likeness (QED) is 0.365. The molecule has 6 nitrogen and oxygen atoms in total. The van der Waals surface area contributed by atoms with Gasteiger partial charge in [-0.25, -0.2) is 9.78 Å². The van der Waals surface area contributed by atoms with Crippen molar-refractivity contribution in [1.82, 2.24) is 9.97 Å². The van der Waals surface area contributed by atoms with Crippen LogP contribution in [0.2, 0.25) is 5.28 Å². The van der Waals surface area contributed by atoms with E-state index in [0.29, 0.717) is 11.5 Å². The number of carbonyl (C=O) groups excluding carboxylic acids is 1. The number of rotatable bonds is 5. The molecule has 1 aromatic carbocycles. The molecule has 1 aliphatic rings. The molecule has 0 saturated carbocycles. The van der Waals surface area contributed by atoms with E-state index in [1.54, 1.807) is 0 Å². The molecule has 1 fully saturated rings. The number of benzene rings is 1. The van der Waals surface area contributed by atoms with Gasteiger partial charge in [0.25, 0.3) is 0 Å². The summed E-state index contributed by atoms with van der Waals surface area (Å²) in [6.07, 6.45) is 0. The summed E-state index contributed by atoms with van der Waals surface area (Å²) in [6, 6.07) is 6.46. The normalized spacial score (nSPS) is 14.5. The fourth-order valence-corrected chi connectivity index (χ4v) is 5.35. The molecule has 1 saturated heterocycles. The Morgan fingerprint density at radius 3 is 2.47 bits per heavy atom. The van der Waals surface area contributed by atoms with Crippen molar-refractivity contribution in [1.29, 1.82) is 0 Å². The number of fused-ring (bicyclic) bond motifs is 1. The van der Waals surface area contributed by atoms with Gasteiger partial charge in [0.2, 0.25) is 5.28 Å². The molecule has 0 aliphatic carbocycles. The number of anilines is 2. The molecule has 3 aromatic rings. The number of halogens is 1. The van der Waals surface area contributed by atoms with E-state index in [2.05, 4.69) is 51.8 Å². The highest BCUT2D eigenvalue weighted by molar-refractivity contribution is 7.20. The molecule has 0 amide bonds. The van der Waals surface area contributed by atoms with Crippen LogP contribution in [0.25, 0.3) is 10.2 Å². The third kappa shape index (κ3) is 4.41. The zero-order chi connectivity index (χ0) is 23.0. The molecular formula is C24H29ClN4O2S. The Labute approximate surface area is 198 Å². The second-order valence-corrected chi connectivity index (χ2v) is 10.1. The minimum absolute atomic E-state index is 0.202. The Kier molecular flexibility index (Phi) is 6.58. The molecule has 0 N–H and O–H groups in total. The number of aromatic nitrogens is 2. The van der Waals surface area contributed by atoms with Gasteiger partial charge in [-0.3, -0.25) is 0 Å². The number of hydrogen-bond acceptors (Lipinski definition) is 7. The van der Waals surface area contributed by atoms with Gasteiger partial charge in [0.15, 0.2) is 0 Å². The lowest BCUT2D eigenvalue weighted by atomic mass is 10.1. The summed E-state index contributed by atoms with van der Waals surface area (Å²) in [7, 11) is 0. The second-order valence-electron chi connectivity index (χ2n) is 8.74. The highest BCUT2D eigenvalue weighted by Gasteiger charge is 2.26. The van der Waals surface area contributed by atoms with Gasteiger partial charge in [0.05, 0.1) is 12.0 Å². The van der Waals surface area contributed by atoms with Crippen LogP contribution in [0, 0.1) is 26.7 Å². The van der Waals surface area contributed by atoms with Crippen LogP contribution >= 0.6 is 22.9 Å². The van der Waals surface area contributed by atoms with Crippen molar-refractivity contribution in [3.05, 3.63) is 45.1 Å². The van der Waals surface area contributed by atoms with Crippen molar-refractivity contribution < 1.29 is 9.53 Å². The largest absolute Gasteiger partial charge is 0.461 e. The predicted octanol–water partition coefficient (Wildman–Crippen LogP) is 5.41. The third-order valence-electron chi connectivity index (χ3n) is 5.97. The van der Waals surface area contributed by atoms with Crippen LogP contribution in [-0.2, 0) is 4.74 Å². The maximum Gasteiger partial charge on any atom is 0.348 e. The molecule has 32 heavy (non-hydrogen) atoms. The van der Waals surface area contributed by atoms with Gasteiger partial charge in [0, 0.05) is 31.9 Å². The minimum atomic E-state index is -0.305. The summed E-state index contributed by atoms with van der Waals surface area (Å²) < 4.78 is 5.47. The Morgan fingerprint density at radius 2 is 1.78 bits per heavy atom. The number of esters is 1. The van der Waals surface area contributed by atoms with E-state index in [1.165, 1.54) is 28.2 Å². The maximum atomic E-state index is 12.7. The zero-order valence-electron chi connectivity index (χ0n) is 19.2. The Bertz CT molecular complexity index is 1150. The molecule has 3 heterocycles. The van der Waals surface area contributed by atoms with Crippen molar-refractivity contribution in [3.63, 3.8) is 0 Å². The average molecular weight is 473 g/mol. The monoisotopic (exact) mass is 472 g/mol. The van der Waals surface area contributed by atoms with Gasteiger partial charge in [-0.2, -0.15) is 4.98 Å². The molecule has 0 radical (unpaired) electrons. The molecule has 0 bridgehead atoms. The molecule has 4 rings (SSSR count). The van der Waals surface area contributed by atoms with Gasteiger partial charge < -0.3 is 14.5 Å². The first-order valence-corrected chi connectivity index (χ1v) is 12.2. The van der Waals surface area contributed by atoms with Crippen LogP contribution in [0.1, 0.15) is 40.2 Å². The lowest BCUT2D eigenvalue weighted by Crippen LogP contribution is -2.47. The van der Waals surface area contributed by atoms with Crippen LogP contribution in [-0.4, -0.2) is 48.7 Å². The summed E-state index contributed by atoms with van der Waals surface area (Å²) in [4.78, 5) is 27.6. The molecule has 1 aliphatic heterocycles. The van der Waals surface area contributed by atoms with Crippen molar-refractivity contribution in [2.45, 2.75) is 34.6 Å². The second kappa shape index (κ2) is 9.24. The van der Waals surface area contributed by atoms with Crippen molar-refractivity contribution >= 4 is 50.6 Å². The number of nitrogens with zero attached hydrogens (tertiary/aromatic N) is 4. The molecule has 0 unspecified atom stereocenters. The molecule has 170 valence electrons. The van der Waals surface area contributed by atoms with Gasteiger partial charge in [-0.1, -0.05) is 26.0 Å². The number of ether oxygens (including phenoxy) is 1. The van der Waals surface area contributed by atoms with Crippen LogP contribution in [0.5, 0.6) is 0 Å². The molecule has 2 aromatic heterocycles. The van der Waals surface area contributed by atoms with Crippen molar-refractivity contribution in [3.8, 4) is 0 Å². The first kappa shape index (κ1) is 22.8. The van der Waals surface area contributed by atoms with Crippen LogP contribution < -0.4 is 9.80 Å². The third-order valence-corrected chi connectivity index (χ3v) is 7.31. The molecular weight excluding hydrogens is 444 g/mol. The van der Waals surface area contributed by atoms with Crippen LogP contribution in [0.3, 0.4) is 0 Å². The molecule has 8 heteroatoms. The number of aryl methyl sites for hydroxylation is 2. The summed E-state index contributed by atoms with van der Waals surface area (Å²) in [5.74, 6) is 0.782. The highest BCUT2D eigenvalue weighted by atomic mass is 35.5. The van der Waals surface area contributed by atoms with Crippen molar-refractivity contribution in [2.24, 2.45) is 5.92 Å². The van der Waals surface area contributed by atoms with Crippen LogP contribution in [0.15, 0.2) is 18.2 Å². The van der Waals surface area contributed by atoms with E-state index in [1.807, 2.05) is 20.8 Å². The smallest absolute Gasteiger partial charge is 0.348 e. The number of piperazine rings is 1. The Hall–Kier alpha value is -2.38. The highest BCUT2D eigenvalue weighted by Crippen LogP contribution is 2.37. The number of hydrogen-bond donors (Lipinski definition) is 0. The topological polar surface area (TPSA) is 58.6 Å². The maximum absolute atomic E-state index is 12.7. The van der Waals surface area contributed by atoms with E-state index in [9.17, 15) is 4.79 Å². The van der Waals surface area contributed by atoms with E-state index >= 15 is 0 Å². The van der Waals surface area contributed by atoms with E-state index in [-0.39, 0.29) is 17.2 Å². The predicted molar refractivity (Wildman–Crippen MR) is 133 cm³/mol. The molecule has 0 atom stereocenters. The average Bonchev–Trinajstić information content (AvgIpc) is 3.09. The minimum Gasteiger partial charge on any atom is -0.461 e. The van der Waals surface area contributed by atoms with Gasteiger partial charge in [0.1, 0.15) is 15.5 Å². The standard InChI is InChI=1S/C24H29ClN4O2S/c1-14(2)13-31-23(30)20-17(5)19-21(26-24(25)27-22(19)32-20)29-11-9-28(10-12-29)18-8-6-7-15(3)16(18)4/h6-8,14H,9-13H2,1-5H3. The van der Waals surface area contributed by atoms with Crippen molar-refractivity contribution in [2.75, 3.05) is 42.6 Å². The van der Waals surface area contributed by atoms with Gasteiger partial charge in [-0.15, -0.1) is 11.3 Å². The zero-order valence-corrected chi connectivity index (χ0v) is 20.8. The fraction of sp³-hybridized carbons (Fsp3) is 0.458. The van der Waals surface area contributed by atoms with Gasteiger partial charge >= 0.3 is 5.97 Å². The Balaban J connectivity index is 1.61. The first-order chi connectivity index (χ1) is 15.3. The lowest BCUT2D eigenvalue weighted by molar-refractivity contribution is 0.0464. The van der Waals surface area contributed by atoms with Gasteiger partial charge in [-0.05, 0) is 61.0 Å². The van der Waals surface area contributed by atoms with Crippen LogP contribution in [0.4, 0.5) is 11.5 Å². The summed E-state index contributed by atoms with van der Waals surface area (Å²) in [6.45, 7) is 14.1. The number of carbonyl (C=O) groups is 1. The SMILES string of the molecule is Cc1cccc(N2CCN(c3nc(Cl)nc4sc(C(=O)OCC(C)C)c(C)c34)CC2)c1C. The summed E-state index contributed by atoms with van der Waals surface area (Å²) in [5.41, 5.74) is 4.78. The lowest BCUT2D eigenvalue weighted by Gasteiger charge is -2.37. The number of thiophene rings is 1. The fourth-order valence-electron chi connectivity index (χ4n) is 4.06. The van der Waals surface area contributed by atoms with E-state index < -0.39 is 0 Å². The van der Waals surface area contributed by atoms with E-state index in [0.717, 1.165) is 47.8 Å². The first-order valence-electron chi connectivity index (χ1n) is 11.0. The molecule has 0 spiro atoms.